The summed E-state index contributed by atoms with van der Waals surface area (Å²) < 4.78 is 5.47. The number of alkyl carbamates (subject to hydrolysis) is 1. The van der Waals surface area contributed by atoms with Crippen molar-refractivity contribution < 1.29 is 28.7 Å². The van der Waals surface area contributed by atoms with Crippen LogP contribution in [-0.2, 0) is 32.1 Å². The minimum absolute atomic E-state index is 0.000198. The molecule has 270 valence electrons. The van der Waals surface area contributed by atoms with Gasteiger partial charge in [0.15, 0.2) is 0 Å². The van der Waals surface area contributed by atoms with Crippen molar-refractivity contribution in [2.75, 3.05) is 18.0 Å². The first-order valence-corrected chi connectivity index (χ1v) is 17.9. The number of nitrogens with zero attached hydrogens (tertiary/aromatic N) is 3. The van der Waals surface area contributed by atoms with Gasteiger partial charge >= 0.3 is 6.09 Å². The third-order valence-electron chi connectivity index (χ3n) is 10.3. The lowest BCUT2D eigenvalue weighted by Crippen LogP contribution is -2.52. The van der Waals surface area contributed by atoms with Gasteiger partial charge in [0.2, 0.25) is 11.8 Å². The summed E-state index contributed by atoms with van der Waals surface area (Å²) in [6.45, 7) is 5.86. The molecular weight excluding hydrogens is 650 g/mol. The molecule has 1 saturated carbocycles. The van der Waals surface area contributed by atoms with Crippen LogP contribution in [0.3, 0.4) is 0 Å². The monoisotopic (exact) mass is 697 g/mol. The van der Waals surface area contributed by atoms with Crippen LogP contribution in [0.15, 0.2) is 59.2 Å². The van der Waals surface area contributed by atoms with Crippen molar-refractivity contribution in [1.82, 2.24) is 15.5 Å². The number of hydrogen-bond acceptors (Lipinski definition) is 8. The molecule has 3 aliphatic heterocycles. The maximum Gasteiger partial charge on any atom is 0.407 e. The first-order valence-electron chi connectivity index (χ1n) is 17.9. The lowest BCUT2D eigenvalue weighted by molar-refractivity contribution is -0.137. The van der Waals surface area contributed by atoms with Crippen LogP contribution in [0.2, 0.25) is 0 Å². The fraction of sp³-hybridized carbons (Fsp3) is 0.474. The zero-order valence-corrected chi connectivity index (χ0v) is 29.2. The Morgan fingerprint density at radius 3 is 2.47 bits per heavy atom. The lowest BCUT2D eigenvalue weighted by Gasteiger charge is -2.34. The van der Waals surface area contributed by atoms with E-state index in [1.54, 1.807) is 4.90 Å². The first-order chi connectivity index (χ1) is 24.4. The van der Waals surface area contributed by atoms with Crippen LogP contribution in [0.4, 0.5) is 10.5 Å². The zero-order chi connectivity index (χ0) is 36.2. The fourth-order valence-electron chi connectivity index (χ4n) is 7.59. The first kappa shape index (κ1) is 35.6. The number of carbonyl (C=O) groups is 5. The Hall–Kier alpha value is -5.20. The van der Waals surface area contributed by atoms with E-state index in [4.69, 9.17) is 16.2 Å². The average molecular weight is 698 g/mol. The number of benzene rings is 2. The predicted octanol–water partition coefficient (Wildman–Crippen LogP) is 3.40. The van der Waals surface area contributed by atoms with Gasteiger partial charge in [-0.2, -0.15) is 4.99 Å². The van der Waals surface area contributed by atoms with Gasteiger partial charge in [-0.05, 0) is 99.3 Å². The Kier molecular flexibility index (Phi) is 10.7. The number of carbonyl (C=O) groups excluding carboxylic acids is 5. The highest BCUT2D eigenvalue weighted by atomic mass is 16.6. The molecule has 3 atom stereocenters. The van der Waals surface area contributed by atoms with Crippen molar-refractivity contribution in [3.05, 3.63) is 76.5 Å². The Morgan fingerprint density at radius 1 is 1.02 bits per heavy atom. The number of ether oxygens (including phenoxy) is 1. The molecule has 1 aliphatic carbocycles. The summed E-state index contributed by atoms with van der Waals surface area (Å²) in [4.78, 5) is 69.6. The molecule has 0 aromatic heterocycles. The van der Waals surface area contributed by atoms with Crippen molar-refractivity contribution in [3.8, 4) is 0 Å². The number of fused-ring (bicyclic) bond motifs is 1. The van der Waals surface area contributed by atoms with E-state index in [1.165, 1.54) is 11.6 Å². The molecule has 4 aliphatic rings. The third kappa shape index (κ3) is 8.58. The standard InChI is InChI=1S/C38H47N7O6/c1-22(2)41-38(50)51-29-9-5-26(19-29)31(39)20-33(40)42-35(47)17-23-3-7-28(8-4-23)44-15-13-24(14-16-44)25-6-10-30-27(18-25)21-45(37(30)49)32-11-12-34(46)43-36(32)48/h3-4,6-8,10,18,20,22,24,26,29,32H,5,9,11-17,19,21,39H2,1-2H3,(H,41,50)(H2,40,42,47)(H,43,46,48)/b31-20-. The Labute approximate surface area is 297 Å². The molecule has 2 saturated heterocycles. The number of anilines is 1. The number of piperidine rings is 2. The predicted molar refractivity (Wildman–Crippen MR) is 192 cm³/mol. The molecule has 5 amide bonds. The molecule has 6 N–H and O–H groups in total. The second kappa shape index (κ2) is 15.4. The molecule has 51 heavy (non-hydrogen) atoms. The van der Waals surface area contributed by atoms with Crippen LogP contribution in [0, 0.1) is 5.92 Å². The second-order valence-corrected chi connectivity index (χ2v) is 14.3. The van der Waals surface area contributed by atoms with Gasteiger partial charge in [-0.25, -0.2) is 4.79 Å². The van der Waals surface area contributed by atoms with Crippen LogP contribution >= 0.6 is 0 Å². The van der Waals surface area contributed by atoms with Crippen LogP contribution in [0.5, 0.6) is 0 Å². The number of rotatable bonds is 9. The highest BCUT2D eigenvalue weighted by molar-refractivity contribution is 6.05. The van der Waals surface area contributed by atoms with Crippen LogP contribution < -0.4 is 27.0 Å². The number of aliphatic imine (C=N–C) groups is 1. The molecule has 0 bridgehead atoms. The maximum absolute atomic E-state index is 13.1. The molecule has 0 radical (unpaired) electrons. The molecule has 2 aromatic carbocycles. The highest BCUT2D eigenvalue weighted by Gasteiger charge is 2.39. The van der Waals surface area contributed by atoms with Crippen molar-refractivity contribution in [2.45, 2.75) is 95.9 Å². The van der Waals surface area contributed by atoms with Crippen LogP contribution in [0.25, 0.3) is 0 Å². The number of nitrogens with one attached hydrogen (secondary N) is 2. The molecule has 13 heteroatoms. The van der Waals surface area contributed by atoms with E-state index in [1.807, 2.05) is 50.2 Å². The molecule has 3 fully saturated rings. The van der Waals surface area contributed by atoms with Gasteiger partial charge in [0.25, 0.3) is 11.8 Å². The van der Waals surface area contributed by atoms with Gasteiger partial charge in [0.1, 0.15) is 18.0 Å². The number of allylic oxidation sites excluding steroid dienone is 1. The molecule has 2 aromatic rings. The SMILES string of the molecule is CC(C)NC(=O)OC1CCC(/C(N)=C/C(N)=NC(=O)Cc2ccc(N3CCC(c4ccc5c(c4)CN(C4CCC(=O)NC4=O)C5=O)CC3)cc2)C1. The summed E-state index contributed by atoms with van der Waals surface area (Å²) in [5.41, 5.74) is 17.5. The number of amidine groups is 1. The number of nitrogens with two attached hydrogens (primary N) is 2. The normalized spacial score (nSPS) is 23.0. The Balaban J connectivity index is 0.968. The summed E-state index contributed by atoms with van der Waals surface area (Å²) in [6.07, 6.45) is 5.57. The Bertz CT molecular complexity index is 1750. The van der Waals surface area contributed by atoms with Gasteiger partial charge in [-0.3, -0.25) is 24.5 Å². The minimum Gasteiger partial charge on any atom is -0.446 e. The summed E-state index contributed by atoms with van der Waals surface area (Å²) in [5, 5.41) is 5.08. The van der Waals surface area contributed by atoms with E-state index < -0.39 is 18.0 Å². The fourth-order valence-corrected chi connectivity index (χ4v) is 7.59. The molecule has 3 unspecified atom stereocenters. The maximum atomic E-state index is 13.1. The Morgan fingerprint density at radius 2 is 1.76 bits per heavy atom. The number of hydrogen-bond donors (Lipinski definition) is 4. The number of amides is 5. The molecule has 13 nitrogen and oxygen atoms in total. The molecule has 3 heterocycles. The van der Waals surface area contributed by atoms with E-state index in [9.17, 15) is 24.0 Å². The van der Waals surface area contributed by atoms with E-state index in [0.29, 0.717) is 43.0 Å². The molecule has 6 rings (SSSR count). The smallest absolute Gasteiger partial charge is 0.407 e. The van der Waals surface area contributed by atoms with Gasteiger partial charge in [0, 0.05) is 55.0 Å². The van der Waals surface area contributed by atoms with Gasteiger partial charge in [-0.1, -0.05) is 24.3 Å². The highest BCUT2D eigenvalue weighted by Crippen LogP contribution is 2.35. The topological polar surface area (TPSA) is 190 Å². The molecule has 0 spiro atoms. The van der Waals surface area contributed by atoms with Crippen LogP contribution in [0.1, 0.15) is 91.8 Å². The van der Waals surface area contributed by atoms with Crippen molar-refractivity contribution in [2.24, 2.45) is 22.4 Å². The van der Waals surface area contributed by atoms with Crippen molar-refractivity contribution >= 4 is 41.2 Å². The van der Waals surface area contributed by atoms with Crippen LogP contribution in [-0.4, -0.2) is 71.7 Å². The summed E-state index contributed by atoms with van der Waals surface area (Å²) in [7, 11) is 0. The summed E-state index contributed by atoms with van der Waals surface area (Å²) >= 11 is 0. The van der Waals surface area contributed by atoms with E-state index in [2.05, 4.69) is 26.6 Å². The van der Waals surface area contributed by atoms with Crippen molar-refractivity contribution in [3.63, 3.8) is 0 Å². The third-order valence-corrected chi connectivity index (χ3v) is 10.3. The minimum atomic E-state index is -0.615. The summed E-state index contributed by atoms with van der Waals surface area (Å²) in [5.74, 6) is -0.797. The van der Waals surface area contributed by atoms with E-state index >= 15 is 0 Å². The lowest BCUT2D eigenvalue weighted by atomic mass is 9.87. The van der Waals surface area contributed by atoms with E-state index in [0.717, 1.165) is 49.2 Å². The molecular formula is C38H47N7O6. The average Bonchev–Trinajstić information content (AvgIpc) is 3.68. The summed E-state index contributed by atoms with van der Waals surface area (Å²) in [6, 6.07) is 13.3. The van der Waals surface area contributed by atoms with Crippen molar-refractivity contribution in [1.29, 1.82) is 0 Å². The van der Waals surface area contributed by atoms with Gasteiger partial charge in [-0.15, -0.1) is 0 Å². The quantitative estimate of drug-likeness (QED) is 0.173. The zero-order valence-electron chi connectivity index (χ0n) is 29.2. The van der Waals surface area contributed by atoms with E-state index in [-0.39, 0.29) is 54.5 Å². The number of imide groups is 1. The van der Waals surface area contributed by atoms with Gasteiger partial charge in [0.05, 0.1) is 6.42 Å². The second-order valence-electron chi connectivity index (χ2n) is 14.3. The van der Waals surface area contributed by atoms with Gasteiger partial charge < -0.3 is 31.3 Å². The largest absolute Gasteiger partial charge is 0.446 e.